The van der Waals surface area contributed by atoms with Gasteiger partial charge in [-0.25, -0.2) is 9.98 Å². The van der Waals surface area contributed by atoms with Gasteiger partial charge in [0.15, 0.2) is 17.5 Å². The van der Waals surface area contributed by atoms with Gasteiger partial charge < -0.3 is 24.8 Å². The number of aliphatic imine (C=N–C) groups is 1. The summed E-state index contributed by atoms with van der Waals surface area (Å²) in [6.45, 7) is 8.92. The number of nitrogens with one attached hydrogen (secondary N) is 2. The number of rotatable bonds is 7. The Hall–Kier alpha value is -1.75. The minimum absolute atomic E-state index is 0. The van der Waals surface area contributed by atoms with Gasteiger partial charge in [-0.05, 0) is 32.9 Å². The number of hydrogen-bond donors (Lipinski definition) is 2. The van der Waals surface area contributed by atoms with Crippen molar-refractivity contribution in [2.24, 2.45) is 4.99 Å². The van der Waals surface area contributed by atoms with Crippen molar-refractivity contribution in [3.05, 3.63) is 33.8 Å². The topological polar surface area (TPSA) is 77.0 Å². The van der Waals surface area contributed by atoms with Crippen molar-refractivity contribution in [2.45, 2.75) is 27.3 Å². The van der Waals surface area contributed by atoms with Gasteiger partial charge in [-0.15, -0.1) is 35.3 Å². The summed E-state index contributed by atoms with van der Waals surface area (Å²) in [5.74, 6) is 2.99. The first-order valence-electron chi connectivity index (χ1n) is 8.63. The van der Waals surface area contributed by atoms with E-state index in [9.17, 15) is 0 Å². The highest BCUT2D eigenvalue weighted by Gasteiger charge is 2.13. The Kier molecular flexibility index (Phi) is 8.42. The van der Waals surface area contributed by atoms with Crippen LogP contribution in [0.2, 0.25) is 0 Å². The summed E-state index contributed by atoms with van der Waals surface area (Å²) in [4.78, 5) is 10.3. The summed E-state index contributed by atoms with van der Waals surface area (Å²) < 4.78 is 16.4. The molecule has 0 bridgehead atoms. The first-order valence-corrected chi connectivity index (χ1v) is 9.45. The van der Waals surface area contributed by atoms with Crippen molar-refractivity contribution in [3.63, 3.8) is 0 Å². The second-order valence-electron chi connectivity index (χ2n) is 5.73. The van der Waals surface area contributed by atoms with Gasteiger partial charge in [0.25, 0.3) is 0 Å². The van der Waals surface area contributed by atoms with E-state index in [1.54, 1.807) is 11.3 Å². The van der Waals surface area contributed by atoms with Crippen LogP contribution in [0, 0.1) is 13.8 Å². The van der Waals surface area contributed by atoms with Crippen LogP contribution >= 0.6 is 35.3 Å². The molecular weight excluding hydrogens is 479 g/mol. The molecule has 2 heterocycles. The molecule has 2 aromatic rings. The Morgan fingerprint density at radius 2 is 2.07 bits per heavy atom. The number of guanidine groups is 1. The van der Waals surface area contributed by atoms with E-state index in [4.69, 9.17) is 14.2 Å². The fourth-order valence-electron chi connectivity index (χ4n) is 2.40. The van der Waals surface area contributed by atoms with Crippen molar-refractivity contribution >= 4 is 41.3 Å². The second-order valence-corrected chi connectivity index (χ2v) is 7.02. The molecule has 1 aromatic heterocycles. The molecule has 0 aliphatic carbocycles. The van der Waals surface area contributed by atoms with Gasteiger partial charge in [-0.3, -0.25) is 0 Å². The number of hydrogen-bond acceptors (Lipinski definition) is 6. The van der Waals surface area contributed by atoms with Crippen molar-refractivity contribution in [1.82, 2.24) is 15.6 Å². The molecule has 2 N–H and O–H groups in total. The van der Waals surface area contributed by atoms with Crippen molar-refractivity contribution in [3.8, 4) is 17.2 Å². The maximum absolute atomic E-state index is 5.75. The van der Waals surface area contributed by atoms with Crippen LogP contribution in [0.1, 0.15) is 22.5 Å². The molecule has 3 rings (SSSR count). The van der Waals surface area contributed by atoms with E-state index in [1.807, 2.05) is 32.0 Å². The summed E-state index contributed by atoms with van der Waals surface area (Å²) in [6.07, 6.45) is 0. The average Bonchev–Trinajstić information content (AvgIpc) is 3.22. The first-order chi connectivity index (χ1) is 12.7. The molecule has 0 fully saturated rings. The molecule has 27 heavy (non-hydrogen) atoms. The summed E-state index contributed by atoms with van der Waals surface area (Å²) in [5, 5.41) is 7.52. The fourth-order valence-corrected chi connectivity index (χ4v) is 3.26. The number of halogens is 1. The Morgan fingerprint density at radius 3 is 2.81 bits per heavy atom. The number of thiazole rings is 1. The minimum atomic E-state index is 0. The molecule has 1 aliphatic rings. The predicted octanol–water partition coefficient (Wildman–Crippen LogP) is 3.24. The molecule has 0 radical (unpaired) electrons. The predicted molar refractivity (Wildman–Crippen MR) is 118 cm³/mol. The van der Waals surface area contributed by atoms with Gasteiger partial charge in [0.2, 0.25) is 6.79 Å². The molecule has 0 spiro atoms. The van der Waals surface area contributed by atoms with Crippen LogP contribution < -0.4 is 24.8 Å². The normalized spacial score (nSPS) is 12.5. The van der Waals surface area contributed by atoms with Crippen molar-refractivity contribution in [2.75, 3.05) is 26.5 Å². The zero-order chi connectivity index (χ0) is 18.4. The monoisotopic (exact) mass is 504 g/mol. The Bertz CT molecular complexity index is 762. The van der Waals surface area contributed by atoms with E-state index in [1.165, 1.54) is 4.88 Å². The summed E-state index contributed by atoms with van der Waals surface area (Å²) in [5.41, 5.74) is 1.08. The Morgan fingerprint density at radius 1 is 1.26 bits per heavy atom. The molecule has 0 unspecified atom stereocenters. The van der Waals surface area contributed by atoms with Gasteiger partial charge >= 0.3 is 0 Å². The fraction of sp³-hybridized carbons (Fsp3) is 0.444. The quantitative estimate of drug-likeness (QED) is 0.261. The van der Waals surface area contributed by atoms with E-state index in [0.717, 1.165) is 40.5 Å². The van der Waals surface area contributed by atoms with E-state index in [-0.39, 0.29) is 30.8 Å². The van der Waals surface area contributed by atoms with Crippen LogP contribution in [0.5, 0.6) is 17.2 Å². The van der Waals surface area contributed by atoms with Crippen molar-refractivity contribution < 1.29 is 14.2 Å². The number of aryl methyl sites for hydroxylation is 2. The summed E-state index contributed by atoms with van der Waals surface area (Å²) in [6, 6.07) is 5.57. The third-order valence-electron chi connectivity index (χ3n) is 3.80. The molecule has 0 amide bonds. The summed E-state index contributed by atoms with van der Waals surface area (Å²) in [7, 11) is 0. The number of aromatic nitrogens is 1. The summed E-state index contributed by atoms with van der Waals surface area (Å²) >= 11 is 1.69. The van der Waals surface area contributed by atoms with Gasteiger partial charge in [-0.2, -0.15) is 0 Å². The minimum Gasteiger partial charge on any atom is -0.492 e. The SMILES string of the molecule is CCNC(=NCc1nc(C)c(C)s1)NCCOc1ccc2c(c1)OCO2.I. The number of benzene rings is 1. The highest BCUT2D eigenvalue weighted by atomic mass is 127. The largest absolute Gasteiger partial charge is 0.492 e. The Balaban J connectivity index is 0.00000261. The molecule has 148 valence electrons. The Labute approximate surface area is 180 Å². The van der Waals surface area contributed by atoms with Crippen LogP contribution in [-0.2, 0) is 6.54 Å². The molecular formula is C18H25IN4O3S. The molecule has 0 saturated carbocycles. The molecule has 0 saturated heterocycles. The van der Waals surface area contributed by atoms with E-state index in [0.29, 0.717) is 19.7 Å². The third-order valence-corrected chi connectivity index (χ3v) is 4.85. The third kappa shape index (κ3) is 6.13. The smallest absolute Gasteiger partial charge is 0.231 e. The number of nitrogens with zero attached hydrogens (tertiary/aromatic N) is 2. The molecule has 1 aliphatic heterocycles. The van der Waals surface area contributed by atoms with Crippen LogP contribution in [0.25, 0.3) is 0 Å². The van der Waals surface area contributed by atoms with E-state index in [2.05, 4.69) is 27.5 Å². The molecule has 1 aromatic carbocycles. The maximum Gasteiger partial charge on any atom is 0.231 e. The van der Waals surface area contributed by atoms with E-state index < -0.39 is 0 Å². The molecule has 9 heteroatoms. The number of ether oxygens (including phenoxy) is 3. The van der Waals surface area contributed by atoms with Crippen LogP contribution in [0.3, 0.4) is 0 Å². The lowest BCUT2D eigenvalue weighted by Gasteiger charge is -2.12. The zero-order valence-electron chi connectivity index (χ0n) is 15.7. The van der Waals surface area contributed by atoms with Gasteiger partial charge in [0.1, 0.15) is 17.4 Å². The lowest BCUT2D eigenvalue weighted by molar-refractivity contribution is 0.173. The lowest BCUT2D eigenvalue weighted by Crippen LogP contribution is -2.39. The standard InChI is InChI=1S/C18H24N4O3S.HI/c1-4-19-18(21-10-17-22-12(2)13(3)26-17)20-7-8-23-14-5-6-15-16(9-14)25-11-24-15;/h5-6,9H,4,7-8,10-11H2,1-3H3,(H2,19,20,21);1H. The first kappa shape index (κ1) is 21.5. The van der Waals surface area contributed by atoms with E-state index >= 15 is 0 Å². The van der Waals surface area contributed by atoms with Gasteiger partial charge in [-0.1, -0.05) is 0 Å². The van der Waals surface area contributed by atoms with Crippen molar-refractivity contribution in [1.29, 1.82) is 0 Å². The highest BCUT2D eigenvalue weighted by molar-refractivity contribution is 14.0. The van der Waals surface area contributed by atoms with Gasteiger partial charge in [0, 0.05) is 17.5 Å². The van der Waals surface area contributed by atoms with Crippen LogP contribution in [0.4, 0.5) is 0 Å². The molecule has 0 atom stereocenters. The maximum atomic E-state index is 5.75. The zero-order valence-corrected chi connectivity index (χ0v) is 18.9. The van der Waals surface area contributed by atoms with Gasteiger partial charge in [0.05, 0.1) is 18.8 Å². The number of fused-ring (bicyclic) bond motifs is 1. The van der Waals surface area contributed by atoms with Crippen LogP contribution in [0.15, 0.2) is 23.2 Å². The average molecular weight is 504 g/mol. The second kappa shape index (κ2) is 10.5. The van der Waals surface area contributed by atoms with Crippen LogP contribution in [-0.4, -0.2) is 37.4 Å². The molecule has 7 nitrogen and oxygen atoms in total. The highest BCUT2D eigenvalue weighted by Crippen LogP contribution is 2.34. The lowest BCUT2D eigenvalue weighted by atomic mass is 10.3.